The minimum Gasteiger partial charge on any atom is -0.495 e. The van der Waals surface area contributed by atoms with Crippen LogP contribution in [0.3, 0.4) is 0 Å². The van der Waals surface area contributed by atoms with E-state index < -0.39 is 22.5 Å². The number of nitrogens with one attached hydrogen (secondary N) is 1. The van der Waals surface area contributed by atoms with Crippen LogP contribution in [0.1, 0.15) is 11.1 Å². The summed E-state index contributed by atoms with van der Waals surface area (Å²) in [5.74, 6) is 0.688. The zero-order chi connectivity index (χ0) is 22.3. The summed E-state index contributed by atoms with van der Waals surface area (Å²) in [5, 5.41) is 3.90. The number of amides is 1. The molecule has 0 radical (unpaired) electrons. The molecule has 2 rings (SSSR count). The van der Waals surface area contributed by atoms with Crippen molar-refractivity contribution in [2.45, 2.75) is 6.92 Å². The van der Waals surface area contributed by atoms with Gasteiger partial charge >= 0.3 is 0 Å². The molecule has 0 heterocycles. The van der Waals surface area contributed by atoms with Crippen LogP contribution in [0.15, 0.2) is 41.5 Å². The van der Waals surface area contributed by atoms with Crippen LogP contribution in [0.2, 0.25) is 0 Å². The molecule has 1 amide bonds. The fourth-order valence-corrected chi connectivity index (χ4v) is 3.58. The van der Waals surface area contributed by atoms with Crippen molar-refractivity contribution in [3.8, 4) is 17.2 Å². The lowest BCUT2D eigenvalue weighted by molar-refractivity contribution is -0.119. The molecule has 0 aliphatic heterocycles. The average Bonchev–Trinajstić information content (AvgIpc) is 2.70. The number of methoxy groups -OCH3 is 3. The van der Waals surface area contributed by atoms with Gasteiger partial charge in [0, 0.05) is 5.56 Å². The van der Waals surface area contributed by atoms with Crippen LogP contribution < -0.4 is 23.9 Å². The summed E-state index contributed by atoms with van der Waals surface area (Å²) in [6, 6.07) is 10.3. The van der Waals surface area contributed by atoms with Crippen LogP contribution in [0.5, 0.6) is 17.2 Å². The summed E-state index contributed by atoms with van der Waals surface area (Å²) >= 11 is 0. The van der Waals surface area contributed by atoms with Crippen molar-refractivity contribution in [1.29, 1.82) is 0 Å². The third kappa shape index (κ3) is 5.63. The Morgan fingerprint density at radius 1 is 1.10 bits per heavy atom. The van der Waals surface area contributed by atoms with Gasteiger partial charge in [0.05, 0.1) is 39.5 Å². The SMILES string of the molecule is COc1ccc(C)cc1N(CC(=O)N/N=C\c1cccc(OC)c1OC)S(C)(=O)=O. The minimum atomic E-state index is -3.76. The number of rotatable bonds is 9. The fourth-order valence-electron chi connectivity index (χ4n) is 2.73. The number of hydrogen-bond donors (Lipinski definition) is 1. The van der Waals surface area contributed by atoms with Crippen molar-refractivity contribution in [2.75, 3.05) is 38.4 Å². The van der Waals surface area contributed by atoms with Gasteiger partial charge in [0.1, 0.15) is 12.3 Å². The molecule has 10 heteroatoms. The average molecular weight is 436 g/mol. The molecule has 162 valence electrons. The Balaban J connectivity index is 2.21. The molecule has 1 N–H and O–H groups in total. The largest absolute Gasteiger partial charge is 0.495 e. The van der Waals surface area contributed by atoms with Gasteiger partial charge in [-0.3, -0.25) is 9.10 Å². The second kappa shape index (κ2) is 9.97. The van der Waals surface area contributed by atoms with Crippen LogP contribution in [0.25, 0.3) is 0 Å². The van der Waals surface area contributed by atoms with Gasteiger partial charge in [0.2, 0.25) is 10.0 Å². The highest BCUT2D eigenvalue weighted by Crippen LogP contribution is 2.31. The maximum Gasteiger partial charge on any atom is 0.260 e. The highest BCUT2D eigenvalue weighted by atomic mass is 32.2. The first kappa shape index (κ1) is 23.0. The van der Waals surface area contributed by atoms with E-state index in [9.17, 15) is 13.2 Å². The molecule has 0 bridgehead atoms. The number of nitrogens with zero attached hydrogens (tertiary/aromatic N) is 2. The van der Waals surface area contributed by atoms with Crippen molar-refractivity contribution in [3.05, 3.63) is 47.5 Å². The Labute approximate surface area is 176 Å². The lowest BCUT2D eigenvalue weighted by atomic mass is 10.2. The van der Waals surface area contributed by atoms with Gasteiger partial charge in [-0.25, -0.2) is 13.8 Å². The summed E-state index contributed by atoms with van der Waals surface area (Å²) in [7, 11) is 0.683. The first-order chi connectivity index (χ1) is 14.2. The normalized spacial score (nSPS) is 11.2. The maximum atomic E-state index is 12.4. The van der Waals surface area contributed by atoms with Crippen molar-refractivity contribution in [2.24, 2.45) is 5.10 Å². The fraction of sp³-hybridized carbons (Fsp3) is 0.300. The van der Waals surface area contributed by atoms with E-state index in [0.717, 1.165) is 16.1 Å². The predicted octanol–water partition coefficient (Wildman–Crippen LogP) is 1.94. The summed E-state index contributed by atoms with van der Waals surface area (Å²) in [5.41, 5.74) is 4.01. The molecule has 2 aromatic rings. The molecule has 0 unspecified atom stereocenters. The third-order valence-electron chi connectivity index (χ3n) is 4.12. The smallest absolute Gasteiger partial charge is 0.260 e. The highest BCUT2D eigenvalue weighted by Gasteiger charge is 2.24. The highest BCUT2D eigenvalue weighted by molar-refractivity contribution is 7.92. The second-order valence-electron chi connectivity index (χ2n) is 6.32. The van der Waals surface area contributed by atoms with Gasteiger partial charge in [0.15, 0.2) is 11.5 Å². The number of benzene rings is 2. The Kier molecular flexibility index (Phi) is 7.65. The number of aryl methyl sites for hydroxylation is 1. The standard InChI is InChI=1S/C20H25N3O6S/c1-14-9-10-17(27-2)16(11-14)23(30(5,25)26)13-19(24)22-21-12-15-7-6-8-18(28-3)20(15)29-4/h6-12H,13H2,1-5H3,(H,22,24)/b21-12-. The first-order valence-corrected chi connectivity index (χ1v) is 10.7. The van der Waals surface area contributed by atoms with Gasteiger partial charge in [-0.05, 0) is 36.8 Å². The lowest BCUT2D eigenvalue weighted by Crippen LogP contribution is -2.39. The van der Waals surface area contributed by atoms with Crippen molar-refractivity contribution < 1.29 is 27.4 Å². The molecule has 30 heavy (non-hydrogen) atoms. The molecule has 0 aromatic heterocycles. The number of hydrazone groups is 1. The van der Waals surface area contributed by atoms with Gasteiger partial charge in [0.25, 0.3) is 5.91 Å². The quantitative estimate of drug-likeness (QED) is 0.477. The topological polar surface area (TPSA) is 107 Å². The van der Waals surface area contributed by atoms with Crippen molar-refractivity contribution in [3.63, 3.8) is 0 Å². The van der Waals surface area contributed by atoms with E-state index in [-0.39, 0.29) is 5.69 Å². The maximum absolute atomic E-state index is 12.4. The van der Waals surface area contributed by atoms with E-state index in [1.807, 2.05) is 6.92 Å². The molecule has 0 saturated carbocycles. The second-order valence-corrected chi connectivity index (χ2v) is 8.23. The van der Waals surface area contributed by atoms with E-state index in [0.29, 0.717) is 22.8 Å². The third-order valence-corrected chi connectivity index (χ3v) is 5.24. The summed E-state index contributed by atoms with van der Waals surface area (Å²) < 4.78 is 41.4. The number of carbonyl (C=O) groups excluding carboxylic acids is 1. The van der Waals surface area contributed by atoms with Crippen LogP contribution in [-0.2, 0) is 14.8 Å². The zero-order valence-corrected chi connectivity index (χ0v) is 18.3. The molecular weight excluding hydrogens is 410 g/mol. The van der Waals surface area contributed by atoms with E-state index in [1.54, 1.807) is 36.4 Å². The Bertz CT molecular complexity index is 1040. The number of anilines is 1. The zero-order valence-electron chi connectivity index (χ0n) is 17.5. The van der Waals surface area contributed by atoms with Gasteiger partial charge in [-0.1, -0.05) is 12.1 Å². The van der Waals surface area contributed by atoms with E-state index >= 15 is 0 Å². The van der Waals surface area contributed by atoms with Gasteiger partial charge in [-0.2, -0.15) is 5.10 Å². The van der Waals surface area contributed by atoms with Crippen molar-refractivity contribution >= 4 is 27.8 Å². The molecule has 0 aliphatic rings. The molecule has 2 aromatic carbocycles. The summed E-state index contributed by atoms with van der Waals surface area (Å²) in [4.78, 5) is 12.4. The first-order valence-electron chi connectivity index (χ1n) is 8.86. The summed E-state index contributed by atoms with van der Waals surface area (Å²) in [6.45, 7) is 1.35. The van der Waals surface area contributed by atoms with Gasteiger partial charge < -0.3 is 14.2 Å². The Morgan fingerprint density at radius 2 is 1.80 bits per heavy atom. The molecule has 0 atom stereocenters. The summed E-state index contributed by atoms with van der Waals surface area (Å²) in [6.07, 6.45) is 2.41. The van der Waals surface area contributed by atoms with E-state index in [1.165, 1.54) is 27.5 Å². The minimum absolute atomic E-state index is 0.272. The Hall–Kier alpha value is -3.27. The monoisotopic (exact) mass is 435 g/mol. The molecule has 0 aliphatic carbocycles. The number of para-hydroxylation sites is 1. The number of carbonyl (C=O) groups is 1. The predicted molar refractivity (Wildman–Crippen MR) is 115 cm³/mol. The molecule has 9 nitrogen and oxygen atoms in total. The number of ether oxygens (including phenoxy) is 3. The van der Waals surface area contributed by atoms with Crippen molar-refractivity contribution in [1.82, 2.24) is 5.43 Å². The van der Waals surface area contributed by atoms with E-state index in [2.05, 4.69) is 10.5 Å². The Morgan fingerprint density at radius 3 is 2.40 bits per heavy atom. The van der Waals surface area contributed by atoms with Crippen LogP contribution in [-0.4, -0.2) is 54.7 Å². The number of sulfonamides is 1. The molecule has 0 spiro atoms. The lowest BCUT2D eigenvalue weighted by Gasteiger charge is -2.23. The van der Waals surface area contributed by atoms with E-state index in [4.69, 9.17) is 14.2 Å². The number of hydrogen-bond acceptors (Lipinski definition) is 7. The van der Waals surface area contributed by atoms with Crippen LogP contribution >= 0.6 is 0 Å². The molecule has 0 saturated heterocycles. The van der Waals surface area contributed by atoms with Crippen LogP contribution in [0, 0.1) is 6.92 Å². The molecular formula is C20H25N3O6S. The van der Waals surface area contributed by atoms with Crippen LogP contribution in [0.4, 0.5) is 5.69 Å². The molecule has 0 fully saturated rings. The van der Waals surface area contributed by atoms with Gasteiger partial charge in [-0.15, -0.1) is 0 Å².